The molecule has 2 bridgehead atoms. The number of methoxy groups -OCH3 is 1. The number of benzene rings is 1. The second-order valence-corrected chi connectivity index (χ2v) is 7.01. The molecule has 2 aliphatic rings. The van der Waals surface area contributed by atoms with E-state index in [2.05, 4.69) is 12.2 Å². The fourth-order valence-electron chi connectivity index (χ4n) is 4.33. The van der Waals surface area contributed by atoms with Crippen LogP contribution in [0.3, 0.4) is 0 Å². The lowest BCUT2D eigenvalue weighted by Gasteiger charge is -2.28. The van der Waals surface area contributed by atoms with Crippen LogP contribution in [0.5, 0.6) is 11.5 Å². The minimum atomic E-state index is -0.135. The van der Waals surface area contributed by atoms with Crippen LogP contribution in [0.2, 0.25) is 0 Å². The summed E-state index contributed by atoms with van der Waals surface area (Å²) >= 11 is 0. The van der Waals surface area contributed by atoms with Crippen molar-refractivity contribution in [1.29, 1.82) is 0 Å². The highest BCUT2D eigenvalue weighted by Gasteiger charge is 2.42. The van der Waals surface area contributed by atoms with E-state index in [4.69, 9.17) is 9.47 Å². The maximum Gasteiger partial charge on any atom is 0.258 e. The van der Waals surface area contributed by atoms with E-state index < -0.39 is 0 Å². The van der Waals surface area contributed by atoms with E-state index in [1.54, 1.807) is 18.2 Å². The Bertz CT molecular complexity index is 615. The molecule has 0 spiro atoms. The molecule has 2 aliphatic carbocycles. The quantitative estimate of drug-likeness (QED) is 0.780. The van der Waals surface area contributed by atoms with Crippen molar-refractivity contribution in [3.8, 4) is 11.5 Å². The predicted octanol–water partition coefficient (Wildman–Crippen LogP) is 2.83. The van der Waals surface area contributed by atoms with Crippen LogP contribution in [-0.2, 0) is 4.79 Å². The molecule has 1 aromatic carbocycles. The van der Waals surface area contributed by atoms with Crippen LogP contribution >= 0.6 is 0 Å². The van der Waals surface area contributed by atoms with Crippen molar-refractivity contribution in [3.63, 3.8) is 0 Å². The van der Waals surface area contributed by atoms with Crippen molar-refractivity contribution >= 4 is 12.2 Å². The molecule has 130 valence electrons. The first-order chi connectivity index (χ1) is 11.6. The highest BCUT2D eigenvalue weighted by molar-refractivity contribution is 5.79. The smallest absolute Gasteiger partial charge is 0.258 e. The zero-order chi connectivity index (χ0) is 17.1. The summed E-state index contributed by atoms with van der Waals surface area (Å²) in [5.74, 6) is 3.02. The minimum absolute atomic E-state index is 0.0795. The van der Waals surface area contributed by atoms with Gasteiger partial charge in [-0.1, -0.05) is 6.42 Å². The number of aldehydes is 1. The van der Waals surface area contributed by atoms with E-state index in [9.17, 15) is 9.59 Å². The zero-order valence-corrected chi connectivity index (χ0v) is 14.3. The van der Waals surface area contributed by atoms with Gasteiger partial charge in [0.05, 0.1) is 7.11 Å². The summed E-state index contributed by atoms with van der Waals surface area (Å²) in [4.78, 5) is 23.1. The van der Waals surface area contributed by atoms with Crippen LogP contribution in [0.25, 0.3) is 0 Å². The van der Waals surface area contributed by atoms with Gasteiger partial charge >= 0.3 is 0 Å². The molecule has 1 amide bonds. The molecule has 0 radical (unpaired) electrons. The molecule has 2 fully saturated rings. The van der Waals surface area contributed by atoms with Crippen molar-refractivity contribution in [3.05, 3.63) is 23.8 Å². The first kappa shape index (κ1) is 16.8. The Morgan fingerprint density at radius 3 is 2.79 bits per heavy atom. The van der Waals surface area contributed by atoms with Crippen LogP contribution in [0, 0.1) is 17.8 Å². The molecule has 1 N–H and O–H groups in total. The normalized spacial score (nSPS) is 26.0. The maximum absolute atomic E-state index is 12.2. The average Bonchev–Trinajstić information content (AvgIpc) is 3.23. The van der Waals surface area contributed by atoms with Gasteiger partial charge in [0.2, 0.25) is 0 Å². The molecule has 0 aliphatic heterocycles. The van der Waals surface area contributed by atoms with Gasteiger partial charge in [-0.05, 0) is 62.1 Å². The van der Waals surface area contributed by atoms with Crippen molar-refractivity contribution in [1.82, 2.24) is 5.32 Å². The number of nitrogens with one attached hydrogen (secondary N) is 1. The summed E-state index contributed by atoms with van der Waals surface area (Å²) in [5.41, 5.74) is 0.488. The summed E-state index contributed by atoms with van der Waals surface area (Å²) in [6, 6.07) is 5.07. The Morgan fingerprint density at radius 2 is 2.17 bits per heavy atom. The Hall–Kier alpha value is -2.04. The molecule has 0 saturated heterocycles. The third-order valence-corrected chi connectivity index (χ3v) is 5.51. The molecular formula is C19H25NO4. The summed E-state index contributed by atoms with van der Waals surface area (Å²) in [5, 5.41) is 3.07. The topological polar surface area (TPSA) is 64.6 Å². The third kappa shape index (κ3) is 3.55. The van der Waals surface area contributed by atoms with E-state index in [-0.39, 0.29) is 18.6 Å². The first-order valence-electron chi connectivity index (χ1n) is 8.66. The fourth-order valence-corrected chi connectivity index (χ4v) is 4.33. The van der Waals surface area contributed by atoms with Gasteiger partial charge in [-0.15, -0.1) is 0 Å². The number of rotatable bonds is 7. The minimum Gasteiger partial charge on any atom is -0.493 e. The standard InChI is InChI=1S/C19H25NO4/c1-12(16-8-13-3-5-15(16)7-13)20-19(22)11-24-18-9-14(10-21)4-6-17(18)23-2/h4,6,9-10,12-13,15-16H,3,5,7-8,11H2,1-2H3,(H,20,22). The Labute approximate surface area is 142 Å². The van der Waals surface area contributed by atoms with Gasteiger partial charge in [-0.2, -0.15) is 0 Å². The number of hydrogen-bond donors (Lipinski definition) is 1. The van der Waals surface area contributed by atoms with Gasteiger partial charge in [-0.3, -0.25) is 9.59 Å². The third-order valence-electron chi connectivity index (χ3n) is 5.51. The molecule has 3 rings (SSSR count). The summed E-state index contributed by atoms with van der Waals surface area (Å²) in [6.45, 7) is 2.01. The van der Waals surface area contributed by atoms with E-state index in [1.165, 1.54) is 32.8 Å². The Balaban J connectivity index is 1.53. The fraction of sp³-hybridized carbons (Fsp3) is 0.579. The number of amides is 1. The molecule has 0 aromatic heterocycles. The molecule has 1 aromatic rings. The number of hydrogen-bond acceptors (Lipinski definition) is 4. The first-order valence-corrected chi connectivity index (χ1v) is 8.66. The van der Waals surface area contributed by atoms with Crippen LogP contribution < -0.4 is 14.8 Å². The SMILES string of the molecule is COc1ccc(C=O)cc1OCC(=O)NC(C)C1CC2CCC1C2. The van der Waals surface area contributed by atoms with Gasteiger partial charge in [-0.25, -0.2) is 0 Å². The molecule has 2 saturated carbocycles. The van der Waals surface area contributed by atoms with E-state index in [0.717, 1.165) is 18.1 Å². The van der Waals surface area contributed by atoms with E-state index >= 15 is 0 Å². The van der Waals surface area contributed by atoms with Crippen molar-refractivity contribution in [2.75, 3.05) is 13.7 Å². The molecule has 0 heterocycles. The van der Waals surface area contributed by atoms with Crippen molar-refractivity contribution in [2.45, 2.75) is 38.6 Å². The number of carbonyl (C=O) groups excluding carboxylic acids is 2. The summed E-state index contributed by atoms with van der Waals surface area (Å²) in [7, 11) is 1.53. The Morgan fingerprint density at radius 1 is 1.33 bits per heavy atom. The highest BCUT2D eigenvalue weighted by atomic mass is 16.5. The number of carbonyl (C=O) groups is 2. The lowest BCUT2D eigenvalue weighted by atomic mass is 9.84. The van der Waals surface area contributed by atoms with Gasteiger partial charge in [0, 0.05) is 11.6 Å². The van der Waals surface area contributed by atoms with Gasteiger partial charge in [0.1, 0.15) is 6.29 Å². The van der Waals surface area contributed by atoms with Crippen LogP contribution in [0.1, 0.15) is 43.0 Å². The maximum atomic E-state index is 12.2. The van der Waals surface area contributed by atoms with Gasteiger partial charge in [0.15, 0.2) is 18.1 Å². The molecule has 5 heteroatoms. The van der Waals surface area contributed by atoms with Crippen LogP contribution in [0.4, 0.5) is 0 Å². The van der Waals surface area contributed by atoms with E-state index in [0.29, 0.717) is 23.0 Å². The van der Waals surface area contributed by atoms with E-state index in [1.807, 2.05) is 0 Å². The molecule has 4 unspecified atom stereocenters. The largest absolute Gasteiger partial charge is 0.493 e. The summed E-state index contributed by atoms with van der Waals surface area (Å²) < 4.78 is 10.8. The van der Waals surface area contributed by atoms with Crippen molar-refractivity contribution < 1.29 is 19.1 Å². The second-order valence-electron chi connectivity index (χ2n) is 7.01. The molecule has 4 atom stereocenters. The highest BCUT2D eigenvalue weighted by Crippen LogP contribution is 2.49. The van der Waals surface area contributed by atoms with Gasteiger partial charge < -0.3 is 14.8 Å². The van der Waals surface area contributed by atoms with Crippen LogP contribution in [-0.4, -0.2) is 32.0 Å². The molecule has 5 nitrogen and oxygen atoms in total. The van der Waals surface area contributed by atoms with Crippen LogP contribution in [0.15, 0.2) is 18.2 Å². The zero-order valence-electron chi connectivity index (χ0n) is 14.3. The number of fused-ring (bicyclic) bond motifs is 2. The predicted molar refractivity (Wildman–Crippen MR) is 90.4 cm³/mol. The monoisotopic (exact) mass is 331 g/mol. The lowest BCUT2D eigenvalue weighted by molar-refractivity contribution is -0.124. The Kier molecular flexibility index (Phi) is 5.07. The lowest BCUT2D eigenvalue weighted by Crippen LogP contribution is -2.42. The number of ether oxygens (including phenoxy) is 2. The van der Waals surface area contributed by atoms with Crippen molar-refractivity contribution in [2.24, 2.45) is 17.8 Å². The average molecular weight is 331 g/mol. The molecule has 24 heavy (non-hydrogen) atoms. The second kappa shape index (κ2) is 7.24. The van der Waals surface area contributed by atoms with Gasteiger partial charge in [0.25, 0.3) is 5.91 Å². The summed E-state index contributed by atoms with van der Waals surface area (Å²) in [6.07, 6.45) is 5.97. The molecular weight excluding hydrogens is 306 g/mol.